The number of aryl methyl sites for hydroxylation is 2. The lowest BCUT2D eigenvalue weighted by Crippen LogP contribution is -2.22. The summed E-state index contributed by atoms with van der Waals surface area (Å²) in [5, 5.41) is 4.70. The standard InChI is InChI=1S/C17H19FN4OS/c1-4-15(13-5-7-14(18)8-6-13)21-22-16(23)10-24-17-19-11(2)9-12(3)20-17/h5-9H,4,10H2,1-3H3,(H,22,23)/b21-15+. The van der Waals surface area contributed by atoms with Crippen LogP contribution in [0.2, 0.25) is 0 Å². The molecule has 1 N–H and O–H groups in total. The van der Waals surface area contributed by atoms with Crippen molar-refractivity contribution in [1.29, 1.82) is 0 Å². The fraction of sp³-hybridized carbons (Fsp3) is 0.294. The predicted molar refractivity (Wildman–Crippen MR) is 93.6 cm³/mol. The van der Waals surface area contributed by atoms with Crippen molar-refractivity contribution in [2.75, 3.05) is 5.75 Å². The van der Waals surface area contributed by atoms with Crippen molar-refractivity contribution in [1.82, 2.24) is 15.4 Å². The van der Waals surface area contributed by atoms with Gasteiger partial charge in [0.15, 0.2) is 5.16 Å². The fourth-order valence-electron chi connectivity index (χ4n) is 2.04. The summed E-state index contributed by atoms with van der Waals surface area (Å²) >= 11 is 1.26. The second-order valence-corrected chi connectivity index (χ2v) is 6.12. The Morgan fingerprint density at radius 3 is 2.42 bits per heavy atom. The van der Waals surface area contributed by atoms with E-state index in [1.807, 2.05) is 26.8 Å². The molecule has 2 rings (SSSR count). The third-order valence-electron chi connectivity index (χ3n) is 3.12. The van der Waals surface area contributed by atoms with Crippen LogP contribution in [-0.2, 0) is 4.79 Å². The summed E-state index contributed by atoms with van der Waals surface area (Å²) in [4.78, 5) is 20.5. The molecule has 1 aromatic heterocycles. The highest BCUT2D eigenvalue weighted by Crippen LogP contribution is 2.13. The first-order valence-corrected chi connectivity index (χ1v) is 8.53. The molecule has 0 bridgehead atoms. The van der Waals surface area contributed by atoms with Crippen molar-refractivity contribution in [3.8, 4) is 0 Å². The summed E-state index contributed by atoms with van der Waals surface area (Å²) in [5.74, 6) is -0.369. The van der Waals surface area contributed by atoms with Crippen LogP contribution in [-0.4, -0.2) is 27.3 Å². The molecule has 0 aliphatic carbocycles. The van der Waals surface area contributed by atoms with Gasteiger partial charge in [-0.15, -0.1) is 0 Å². The summed E-state index contributed by atoms with van der Waals surface area (Å²) in [6, 6.07) is 7.90. The van der Waals surface area contributed by atoms with Crippen LogP contribution in [0, 0.1) is 19.7 Å². The van der Waals surface area contributed by atoms with Gasteiger partial charge in [-0.05, 0) is 44.0 Å². The number of hydrazone groups is 1. The molecule has 0 saturated heterocycles. The Kier molecular flexibility index (Phi) is 6.43. The Morgan fingerprint density at radius 1 is 1.21 bits per heavy atom. The lowest BCUT2D eigenvalue weighted by atomic mass is 10.1. The van der Waals surface area contributed by atoms with Gasteiger partial charge in [0.1, 0.15) is 5.82 Å². The molecular formula is C17H19FN4OS. The zero-order valence-electron chi connectivity index (χ0n) is 13.8. The van der Waals surface area contributed by atoms with Crippen LogP contribution in [0.25, 0.3) is 0 Å². The van der Waals surface area contributed by atoms with Crippen molar-refractivity contribution in [3.05, 3.63) is 53.1 Å². The van der Waals surface area contributed by atoms with Gasteiger partial charge < -0.3 is 0 Å². The number of nitrogens with zero attached hydrogens (tertiary/aromatic N) is 3. The van der Waals surface area contributed by atoms with Gasteiger partial charge in [0, 0.05) is 11.4 Å². The average molecular weight is 346 g/mol. The van der Waals surface area contributed by atoms with Gasteiger partial charge >= 0.3 is 0 Å². The first kappa shape index (κ1) is 18.1. The normalized spacial score (nSPS) is 11.4. The Bertz CT molecular complexity index is 727. The molecule has 0 atom stereocenters. The number of hydrogen-bond donors (Lipinski definition) is 1. The molecular weight excluding hydrogens is 327 g/mol. The molecule has 0 spiro atoms. The van der Waals surface area contributed by atoms with E-state index in [4.69, 9.17) is 0 Å². The number of carbonyl (C=O) groups is 1. The van der Waals surface area contributed by atoms with Crippen LogP contribution in [0.1, 0.15) is 30.3 Å². The number of nitrogens with one attached hydrogen (secondary N) is 1. The SMILES string of the molecule is CC/C(=N\NC(=O)CSc1nc(C)cc(C)n1)c1ccc(F)cc1. The van der Waals surface area contributed by atoms with Gasteiger partial charge in [0.05, 0.1) is 11.5 Å². The zero-order valence-corrected chi connectivity index (χ0v) is 14.7. The molecule has 0 aliphatic heterocycles. The third kappa shape index (κ3) is 5.42. The van der Waals surface area contributed by atoms with Crippen molar-refractivity contribution >= 4 is 23.4 Å². The number of hydrogen-bond acceptors (Lipinski definition) is 5. The van der Waals surface area contributed by atoms with Gasteiger partial charge in [0.2, 0.25) is 0 Å². The molecule has 0 aliphatic rings. The number of rotatable bonds is 6. The van der Waals surface area contributed by atoms with E-state index in [9.17, 15) is 9.18 Å². The van der Waals surface area contributed by atoms with Gasteiger partial charge in [-0.25, -0.2) is 19.8 Å². The lowest BCUT2D eigenvalue weighted by molar-refractivity contribution is -0.118. The zero-order chi connectivity index (χ0) is 17.5. The Morgan fingerprint density at radius 2 is 1.83 bits per heavy atom. The highest BCUT2D eigenvalue weighted by Gasteiger charge is 2.07. The smallest absolute Gasteiger partial charge is 0.250 e. The summed E-state index contributed by atoms with van der Waals surface area (Å²) in [6.07, 6.45) is 0.624. The van der Waals surface area contributed by atoms with Crippen molar-refractivity contribution in [2.24, 2.45) is 5.10 Å². The third-order valence-corrected chi connectivity index (χ3v) is 3.97. The summed E-state index contributed by atoms with van der Waals surface area (Å²) in [5.41, 5.74) is 5.73. The van der Waals surface area contributed by atoms with E-state index in [0.717, 1.165) is 17.0 Å². The van der Waals surface area contributed by atoms with Gasteiger partial charge in [-0.1, -0.05) is 30.8 Å². The van der Waals surface area contributed by atoms with E-state index < -0.39 is 0 Å². The largest absolute Gasteiger partial charge is 0.272 e. The second-order valence-electron chi connectivity index (χ2n) is 5.18. The summed E-state index contributed by atoms with van der Waals surface area (Å²) in [7, 11) is 0. The van der Waals surface area contributed by atoms with Crippen LogP contribution in [0.15, 0.2) is 40.6 Å². The molecule has 126 valence electrons. The van der Waals surface area contributed by atoms with E-state index in [2.05, 4.69) is 20.5 Å². The maximum absolute atomic E-state index is 13.0. The number of thioether (sulfide) groups is 1. The first-order chi connectivity index (χ1) is 11.5. The molecule has 5 nitrogen and oxygen atoms in total. The maximum atomic E-state index is 13.0. The highest BCUT2D eigenvalue weighted by molar-refractivity contribution is 7.99. The van der Waals surface area contributed by atoms with Crippen molar-refractivity contribution in [3.63, 3.8) is 0 Å². The molecule has 0 radical (unpaired) electrons. The van der Waals surface area contributed by atoms with Crippen LogP contribution < -0.4 is 5.43 Å². The van der Waals surface area contributed by atoms with Crippen LogP contribution in [0.3, 0.4) is 0 Å². The van der Waals surface area contributed by atoms with Crippen molar-refractivity contribution in [2.45, 2.75) is 32.3 Å². The topological polar surface area (TPSA) is 67.2 Å². The Balaban J connectivity index is 1.94. The second kappa shape index (κ2) is 8.54. The molecule has 24 heavy (non-hydrogen) atoms. The Labute approximate surface area is 144 Å². The van der Waals surface area contributed by atoms with Crippen LogP contribution in [0.4, 0.5) is 4.39 Å². The monoisotopic (exact) mass is 346 g/mol. The van der Waals surface area contributed by atoms with Gasteiger partial charge in [-0.2, -0.15) is 5.10 Å². The molecule has 2 aromatic rings. The molecule has 0 fully saturated rings. The minimum atomic E-state index is -0.303. The summed E-state index contributed by atoms with van der Waals surface area (Å²) in [6.45, 7) is 5.70. The van der Waals surface area contributed by atoms with Crippen molar-refractivity contribution < 1.29 is 9.18 Å². The summed E-state index contributed by atoms with van der Waals surface area (Å²) < 4.78 is 13.0. The van der Waals surface area contributed by atoms with Gasteiger partial charge in [0.25, 0.3) is 5.91 Å². The highest BCUT2D eigenvalue weighted by atomic mass is 32.2. The van der Waals surface area contributed by atoms with E-state index >= 15 is 0 Å². The van der Waals surface area contributed by atoms with E-state index in [1.54, 1.807) is 12.1 Å². The molecule has 1 aromatic carbocycles. The number of aromatic nitrogens is 2. The predicted octanol–water partition coefficient (Wildman–Crippen LogP) is 3.26. The Hall–Kier alpha value is -2.28. The fourth-order valence-corrected chi connectivity index (χ4v) is 2.78. The maximum Gasteiger partial charge on any atom is 0.250 e. The molecule has 1 heterocycles. The molecule has 0 unspecified atom stereocenters. The quantitative estimate of drug-likeness (QED) is 0.377. The lowest BCUT2D eigenvalue weighted by Gasteiger charge is -2.05. The number of benzene rings is 1. The molecule has 7 heteroatoms. The number of halogens is 1. The molecule has 0 saturated carbocycles. The first-order valence-electron chi connectivity index (χ1n) is 7.54. The van der Waals surface area contributed by atoms with Gasteiger partial charge in [-0.3, -0.25) is 4.79 Å². The van der Waals surface area contributed by atoms with E-state index in [1.165, 1.54) is 23.9 Å². The minimum Gasteiger partial charge on any atom is -0.272 e. The number of amides is 1. The van der Waals surface area contributed by atoms with Crippen LogP contribution in [0.5, 0.6) is 0 Å². The van der Waals surface area contributed by atoms with E-state index in [-0.39, 0.29) is 17.5 Å². The van der Waals surface area contributed by atoms with Crippen LogP contribution >= 0.6 is 11.8 Å². The number of carbonyl (C=O) groups excluding carboxylic acids is 1. The molecule has 1 amide bonds. The average Bonchev–Trinajstić information content (AvgIpc) is 2.54. The van der Waals surface area contributed by atoms with E-state index in [0.29, 0.717) is 17.3 Å². The minimum absolute atomic E-state index is 0.173.